The maximum Gasteiger partial charge on any atom is 0.253 e. The zero-order valence-corrected chi connectivity index (χ0v) is 9.73. The third kappa shape index (κ3) is 1.34. The Labute approximate surface area is 99.6 Å². The largest absolute Gasteiger partial charge is 0.345 e. The summed E-state index contributed by atoms with van der Waals surface area (Å²) in [5, 5.41) is 10.6. The predicted octanol–water partition coefficient (Wildman–Crippen LogP) is 1.27. The van der Waals surface area contributed by atoms with Crippen LogP contribution in [0.3, 0.4) is 0 Å². The van der Waals surface area contributed by atoms with Gasteiger partial charge in [-0.2, -0.15) is 0 Å². The SMILES string of the molecule is O=C1NCc2nncn2-c2ccc(Br)cc21. The zero-order valence-electron chi connectivity index (χ0n) is 8.14. The standard InChI is InChI=1S/C10H7BrN4O/c11-6-1-2-8-7(3-6)10(16)12-4-9-14-13-5-15(8)9/h1-3,5H,4H2,(H,12,16). The number of hydrogen-bond acceptors (Lipinski definition) is 3. The first kappa shape index (κ1) is 9.53. The maximum atomic E-state index is 11.8. The summed E-state index contributed by atoms with van der Waals surface area (Å²) in [4.78, 5) is 11.8. The van der Waals surface area contributed by atoms with E-state index in [0.29, 0.717) is 12.1 Å². The van der Waals surface area contributed by atoms with Crippen LogP contribution in [0.25, 0.3) is 5.69 Å². The van der Waals surface area contributed by atoms with E-state index in [9.17, 15) is 4.79 Å². The summed E-state index contributed by atoms with van der Waals surface area (Å²) >= 11 is 3.35. The van der Waals surface area contributed by atoms with Gasteiger partial charge in [0, 0.05) is 4.47 Å². The van der Waals surface area contributed by atoms with Gasteiger partial charge >= 0.3 is 0 Å². The Kier molecular flexibility index (Phi) is 2.03. The van der Waals surface area contributed by atoms with Crippen LogP contribution in [0, 0.1) is 0 Å². The average molecular weight is 279 g/mol. The molecule has 0 saturated heterocycles. The maximum absolute atomic E-state index is 11.8. The minimum Gasteiger partial charge on any atom is -0.345 e. The van der Waals surface area contributed by atoms with E-state index < -0.39 is 0 Å². The van der Waals surface area contributed by atoms with Crippen molar-refractivity contribution < 1.29 is 4.79 Å². The number of amides is 1. The van der Waals surface area contributed by atoms with E-state index >= 15 is 0 Å². The number of fused-ring (bicyclic) bond motifs is 3. The topological polar surface area (TPSA) is 59.8 Å². The highest BCUT2D eigenvalue weighted by Gasteiger charge is 2.20. The van der Waals surface area contributed by atoms with Gasteiger partial charge in [0.1, 0.15) is 6.33 Å². The summed E-state index contributed by atoms with van der Waals surface area (Å²) in [6.07, 6.45) is 1.61. The highest BCUT2D eigenvalue weighted by atomic mass is 79.9. The summed E-state index contributed by atoms with van der Waals surface area (Å²) in [6, 6.07) is 5.55. The number of carbonyl (C=O) groups excluding carboxylic acids is 1. The number of halogens is 1. The normalized spacial score (nSPS) is 13.7. The van der Waals surface area contributed by atoms with E-state index in [1.165, 1.54) is 0 Å². The molecule has 1 aromatic carbocycles. The summed E-state index contributed by atoms with van der Waals surface area (Å²) in [5.74, 6) is 0.635. The van der Waals surface area contributed by atoms with E-state index in [-0.39, 0.29) is 5.91 Å². The lowest BCUT2D eigenvalue weighted by Gasteiger charge is -2.06. The molecule has 0 radical (unpaired) electrons. The monoisotopic (exact) mass is 278 g/mol. The van der Waals surface area contributed by atoms with E-state index in [2.05, 4.69) is 31.4 Å². The fraction of sp³-hybridized carbons (Fsp3) is 0.100. The van der Waals surface area contributed by atoms with Gasteiger partial charge in [-0.3, -0.25) is 9.36 Å². The van der Waals surface area contributed by atoms with Crippen molar-refractivity contribution in [3.63, 3.8) is 0 Å². The summed E-state index contributed by atoms with van der Waals surface area (Å²) in [7, 11) is 0. The molecular weight excluding hydrogens is 272 g/mol. The van der Waals surface area contributed by atoms with Crippen molar-refractivity contribution in [2.75, 3.05) is 0 Å². The average Bonchev–Trinajstić information content (AvgIpc) is 2.69. The molecule has 0 saturated carbocycles. The second kappa shape index (κ2) is 3.41. The quantitative estimate of drug-likeness (QED) is 0.790. The van der Waals surface area contributed by atoms with Crippen LogP contribution in [-0.4, -0.2) is 20.7 Å². The summed E-state index contributed by atoms with van der Waals surface area (Å²) in [6.45, 7) is 0.394. The first-order chi connectivity index (χ1) is 7.75. The lowest BCUT2D eigenvalue weighted by Crippen LogP contribution is -2.21. The predicted molar refractivity (Wildman–Crippen MR) is 60.2 cm³/mol. The molecule has 1 aromatic heterocycles. The lowest BCUT2D eigenvalue weighted by atomic mass is 10.1. The molecule has 0 fully saturated rings. The molecule has 1 N–H and O–H groups in total. The molecule has 2 heterocycles. The number of nitrogens with zero attached hydrogens (tertiary/aromatic N) is 3. The van der Waals surface area contributed by atoms with E-state index in [4.69, 9.17) is 0 Å². The fourth-order valence-corrected chi connectivity index (χ4v) is 2.10. The van der Waals surface area contributed by atoms with E-state index in [1.807, 2.05) is 16.7 Å². The van der Waals surface area contributed by atoms with Crippen LogP contribution in [0.1, 0.15) is 16.2 Å². The molecule has 0 bridgehead atoms. The van der Waals surface area contributed by atoms with Crippen molar-refractivity contribution in [3.05, 3.63) is 40.4 Å². The molecule has 3 rings (SSSR count). The Morgan fingerprint density at radius 2 is 2.31 bits per heavy atom. The Hall–Kier alpha value is -1.69. The highest BCUT2D eigenvalue weighted by molar-refractivity contribution is 9.10. The number of rotatable bonds is 0. The number of aromatic nitrogens is 3. The first-order valence-electron chi connectivity index (χ1n) is 4.73. The lowest BCUT2D eigenvalue weighted by molar-refractivity contribution is 0.0952. The molecule has 1 amide bonds. The van der Waals surface area contributed by atoms with Crippen molar-refractivity contribution >= 4 is 21.8 Å². The Balaban J connectivity index is 2.31. The fourth-order valence-electron chi connectivity index (χ4n) is 1.74. The Bertz CT molecular complexity index is 578. The van der Waals surface area contributed by atoms with Crippen molar-refractivity contribution in [2.24, 2.45) is 0 Å². The first-order valence-corrected chi connectivity index (χ1v) is 5.52. The summed E-state index contributed by atoms with van der Waals surface area (Å²) in [5.41, 5.74) is 1.42. The van der Waals surface area contributed by atoms with Crippen LogP contribution in [-0.2, 0) is 6.54 Å². The highest BCUT2D eigenvalue weighted by Crippen LogP contribution is 2.22. The third-order valence-corrected chi connectivity index (χ3v) is 2.98. The third-order valence-electron chi connectivity index (χ3n) is 2.49. The molecule has 2 aromatic rings. The smallest absolute Gasteiger partial charge is 0.253 e. The molecule has 6 heteroatoms. The van der Waals surface area contributed by atoms with Crippen molar-refractivity contribution in [2.45, 2.75) is 6.54 Å². The van der Waals surface area contributed by atoms with Crippen molar-refractivity contribution in [1.82, 2.24) is 20.1 Å². The molecule has 1 aliphatic rings. The van der Waals surface area contributed by atoms with Crippen LogP contribution < -0.4 is 5.32 Å². The van der Waals surface area contributed by atoms with Crippen LogP contribution in [0.5, 0.6) is 0 Å². The molecule has 0 spiro atoms. The second-order valence-corrected chi connectivity index (χ2v) is 4.38. The molecule has 5 nitrogen and oxygen atoms in total. The van der Waals surface area contributed by atoms with Gasteiger partial charge in [0.05, 0.1) is 17.8 Å². The van der Waals surface area contributed by atoms with Gasteiger partial charge in [0.2, 0.25) is 0 Å². The zero-order chi connectivity index (χ0) is 11.1. The van der Waals surface area contributed by atoms with Crippen molar-refractivity contribution in [3.8, 4) is 5.69 Å². The summed E-state index contributed by atoms with van der Waals surface area (Å²) < 4.78 is 2.69. The molecule has 16 heavy (non-hydrogen) atoms. The molecule has 0 unspecified atom stereocenters. The minimum atomic E-state index is -0.0956. The van der Waals surface area contributed by atoms with Crippen molar-refractivity contribution in [1.29, 1.82) is 0 Å². The number of hydrogen-bond donors (Lipinski definition) is 1. The van der Waals surface area contributed by atoms with Gasteiger partial charge in [0.25, 0.3) is 5.91 Å². The van der Waals surface area contributed by atoms with Gasteiger partial charge in [-0.1, -0.05) is 15.9 Å². The molecule has 0 aliphatic carbocycles. The van der Waals surface area contributed by atoms with Gasteiger partial charge in [-0.05, 0) is 18.2 Å². The van der Waals surface area contributed by atoms with Crippen LogP contribution in [0.15, 0.2) is 29.0 Å². The molecular formula is C10H7BrN4O. The van der Waals surface area contributed by atoms with E-state index in [0.717, 1.165) is 16.0 Å². The number of nitrogens with one attached hydrogen (secondary N) is 1. The minimum absolute atomic E-state index is 0.0956. The van der Waals surface area contributed by atoms with Gasteiger partial charge < -0.3 is 5.32 Å². The molecule has 1 aliphatic heterocycles. The van der Waals surface area contributed by atoms with Crippen LogP contribution in [0.4, 0.5) is 0 Å². The van der Waals surface area contributed by atoms with Crippen LogP contribution >= 0.6 is 15.9 Å². The van der Waals surface area contributed by atoms with Crippen LogP contribution in [0.2, 0.25) is 0 Å². The second-order valence-electron chi connectivity index (χ2n) is 3.46. The Morgan fingerprint density at radius 1 is 1.44 bits per heavy atom. The molecule has 80 valence electrons. The van der Waals surface area contributed by atoms with Gasteiger partial charge in [-0.25, -0.2) is 0 Å². The van der Waals surface area contributed by atoms with E-state index in [1.54, 1.807) is 12.4 Å². The number of benzene rings is 1. The van der Waals surface area contributed by atoms with Gasteiger partial charge in [0.15, 0.2) is 5.82 Å². The Morgan fingerprint density at radius 3 is 3.19 bits per heavy atom. The number of carbonyl (C=O) groups is 1. The molecule has 0 atom stereocenters. The van der Waals surface area contributed by atoms with Gasteiger partial charge in [-0.15, -0.1) is 10.2 Å².